The highest BCUT2D eigenvalue weighted by atomic mass is 14.9. The van der Waals surface area contributed by atoms with E-state index in [2.05, 4.69) is 104 Å². The van der Waals surface area contributed by atoms with Gasteiger partial charge >= 0.3 is 0 Å². The molecule has 5 aromatic rings. The van der Waals surface area contributed by atoms with Crippen LogP contribution in [0.4, 0.5) is 0 Å². The van der Waals surface area contributed by atoms with Crippen LogP contribution in [0.5, 0.6) is 0 Å². The fourth-order valence-electron chi connectivity index (χ4n) is 4.07. The highest BCUT2D eigenvalue weighted by Gasteiger charge is 2.17. The Hall–Kier alpha value is -3.19. The van der Waals surface area contributed by atoms with Crippen LogP contribution in [-0.2, 0) is 7.05 Å². The number of pyridine rings is 1. The van der Waals surface area contributed by atoms with Crippen molar-refractivity contribution in [3.05, 3.63) is 90.6 Å². The van der Waals surface area contributed by atoms with E-state index in [1.165, 1.54) is 49.1 Å². The van der Waals surface area contributed by atoms with Crippen molar-refractivity contribution < 1.29 is 4.57 Å². The second kappa shape index (κ2) is 5.67. The van der Waals surface area contributed by atoms with Crippen molar-refractivity contribution in [1.82, 2.24) is 0 Å². The van der Waals surface area contributed by atoms with Gasteiger partial charge in [0.1, 0.15) is 7.05 Å². The molecular weight excluding hydrogens is 314 g/mol. The molecule has 0 amide bonds. The number of aryl methyl sites for hydroxylation is 2. The van der Waals surface area contributed by atoms with Crippen LogP contribution in [0.3, 0.4) is 0 Å². The Morgan fingerprint density at radius 1 is 0.615 bits per heavy atom. The zero-order valence-corrected chi connectivity index (χ0v) is 15.0. The lowest BCUT2D eigenvalue weighted by Gasteiger charge is -2.11. The molecule has 0 bridgehead atoms. The molecule has 0 aliphatic heterocycles. The van der Waals surface area contributed by atoms with E-state index in [4.69, 9.17) is 0 Å². The lowest BCUT2D eigenvalue weighted by molar-refractivity contribution is -0.659. The molecular formula is C25H20N+. The van der Waals surface area contributed by atoms with Crippen LogP contribution >= 0.6 is 0 Å². The van der Waals surface area contributed by atoms with Crippen molar-refractivity contribution in [3.63, 3.8) is 0 Å². The summed E-state index contributed by atoms with van der Waals surface area (Å²) in [5.41, 5.74) is 3.88. The van der Waals surface area contributed by atoms with Crippen LogP contribution in [0.25, 0.3) is 43.6 Å². The number of benzene rings is 4. The third-order valence-corrected chi connectivity index (χ3v) is 5.39. The Morgan fingerprint density at radius 2 is 1.27 bits per heavy atom. The number of hydrogen-bond acceptors (Lipinski definition) is 0. The summed E-state index contributed by atoms with van der Waals surface area (Å²) < 4.78 is 2.23. The van der Waals surface area contributed by atoms with Gasteiger partial charge in [-0.3, -0.25) is 0 Å². The summed E-state index contributed by atoms with van der Waals surface area (Å²) in [7, 11) is 2.13. The average Bonchev–Trinajstić information content (AvgIpc) is 2.68. The van der Waals surface area contributed by atoms with Gasteiger partial charge in [0.15, 0.2) is 6.20 Å². The van der Waals surface area contributed by atoms with Crippen molar-refractivity contribution in [2.75, 3.05) is 0 Å². The Balaban J connectivity index is 1.88. The molecule has 0 unspecified atom stereocenters. The molecule has 0 spiro atoms. The third-order valence-electron chi connectivity index (χ3n) is 5.39. The van der Waals surface area contributed by atoms with E-state index in [0.29, 0.717) is 0 Å². The van der Waals surface area contributed by atoms with E-state index in [-0.39, 0.29) is 0 Å². The van der Waals surface area contributed by atoms with Crippen molar-refractivity contribution in [2.45, 2.75) is 6.92 Å². The summed E-state index contributed by atoms with van der Waals surface area (Å²) in [6.07, 6.45) is 2.15. The minimum Gasteiger partial charge on any atom is -0.200 e. The molecule has 4 aromatic carbocycles. The van der Waals surface area contributed by atoms with E-state index in [0.717, 1.165) is 0 Å². The van der Waals surface area contributed by atoms with Crippen LogP contribution in [0.15, 0.2) is 85.1 Å². The molecule has 5 rings (SSSR count). The first-order valence-electron chi connectivity index (χ1n) is 9.02. The second-order valence-corrected chi connectivity index (χ2v) is 7.04. The minimum atomic E-state index is 1.27. The van der Waals surface area contributed by atoms with Gasteiger partial charge in [-0.25, -0.2) is 4.57 Å². The maximum absolute atomic E-state index is 2.35. The standard InChI is InChI=1S/C25H20N/c1-17-15-24-20(12-11-18-7-3-5-9-21(18)24)16-23(17)25-22-10-6-4-8-19(22)13-14-26(25)2/h3-16H,1-2H3/q+1. The van der Waals surface area contributed by atoms with Crippen LogP contribution < -0.4 is 4.57 Å². The fraction of sp³-hybridized carbons (Fsp3) is 0.0800. The smallest absolute Gasteiger partial charge is 0.200 e. The predicted molar refractivity (Wildman–Crippen MR) is 110 cm³/mol. The van der Waals surface area contributed by atoms with Crippen molar-refractivity contribution in [2.24, 2.45) is 7.05 Å². The SMILES string of the molecule is Cc1cc2c(ccc3ccccc32)cc1-c1c2ccccc2cc[n+]1C. The number of fused-ring (bicyclic) bond motifs is 4. The van der Waals surface area contributed by atoms with E-state index in [1.54, 1.807) is 0 Å². The van der Waals surface area contributed by atoms with Crippen molar-refractivity contribution >= 4 is 32.3 Å². The molecule has 0 aliphatic rings. The lowest BCUT2D eigenvalue weighted by atomic mass is 9.94. The maximum Gasteiger partial charge on any atom is 0.220 e. The monoisotopic (exact) mass is 334 g/mol. The summed E-state index contributed by atoms with van der Waals surface area (Å²) in [6.45, 7) is 2.22. The Kier molecular flexibility index (Phi) is 3.29. The van der Waals surface area contributed by atoms with Gasteiger partial charge in [-0.2, -0.15) is 0 Å². The van der Waals surface area contributed by atoms with Gasteiger partial charge in [-0.15, -0.1) is 0 Å². The Morgan fingerprint density at radius 3 is 2.08 bits per heavy atom. The molecule has 0 fully saturated rings. The van der Waals surface area contributed by atoms with Crippen LogP contribution in [0, 0.1) is 6.92 Å². The third kappa shape index (κ3) is 2.21. The van der Waals surface area contributed by atoms with Gasteiger partial charge in [0.05, 0.1) is 10.9 Å². The van der Waals surface area contributed by atoms with E-state index in [9.17, 15) is 0 Å². The maximum atomic E-state index is 2.35. The zero-order valence-electron chi connectivity index (χ0n) is 15.0. The first-order chi connectivity index (χ1) is 12.7. The molecule has 1 nitrogen and oxygen atoms in total. The first-order valence-corrected chi connectivity index (χ1v) is 9.02. The normalized spacial score (nSPS) is 11.5. The van der Waals surface area contributed by atoms with E-state index in [1.807, 2.05) is 0 Å². The average molecular weight is 334 g/mol. The molecule has 124 valence electrons. The molecule has 0 saturated carbocycles. The summed E-state index contributed by atoms with van der Waals surface area (Å²) in [5.74, 6) is 0. The molecule has 0 aliphatic carbocycles. The summed E-state index contributed by atoms with van der Waals surface area (Å²) in [6, 6.07) is 28.6. The molecule has 26 heavy (non-hydrogen) atoms. The molecule has 1 aromatic heterocycles. The molecule has 1 heteroatoms. The fourth-order valence-corrected chi connectivity index (χ4v) is 4.07. The topological polar surface area (TPSA) is 3.88 Å². The Labute approximate surface area is 153 Å². The number of aromatic nitrogens is 1. The van der Waals surface area contributed by atoms with Gasteiger partial charge < -0.3 is 0 Å². The van der Waals surface area contributed by atoms with Gasteiger partial charge in [0.25, 0.3) is 0 Å². The molecule has 0 N–H and O–H groups in total. The Bertz CT molecular complexity index is 1300. The highest BCUT2D eigenvalue weighted by Crippen LogP contribution is 2.33. The van der Waals surface area contributed by atoms with Crippen LogP contribution in [-0.4, -0.2) is 0 Å². The van der Waals surface area contributed by atoms with Gasteiger partial charge in [0.2, 0.25) is 5.69 Å². The van der Waals surface area contributed by atoms with Crippen LogP contribution in [0.2, 0.25) is 0 Å². The van der Waals surface area contributed by atoms with Gasteiger partial charge in [0, 0.05) is 6.07 Å². The largest absolute Gasteiger partial charge is 0.220 e. The lowest BCUT2D eigenvalue weighted by Crippen LogP contribution is -2.30. The first kappa shape index (κ1) is 15.1. The van der Waals surface area contributed by atoms with Gasteiger partial charge in [-0.05, 0) is 57.6 Å². The quantitative estimate of drug-likeness (QED) is 0.263. The van der Waals surface area contributed by atoms with E-state index >= 15 is 0 Å². The molecule has 0 atom stereocenters. The molecule has 1 heterocycles. The summed E-state index contributed by atoms with van der Waals surface area (Å²) in [4.78, 5) is 0. The van der Waals surface area contributed by atoms with E-state index < -0.39 is 0 Å². The number of nitrogens with zero attached hydrogens (tertiary/aromatic N) is 1. The second-order valence-electron chi connectivity index (χ2n) is 7.04. The highest BCUT2D eigenvalue weighted by molar-refractivity contribution is 6.09. The zero-order chi connectivity index (χ0) is 17.7. The molecule has 0 radical (unpaired) electrons. The number of hydrogen-bond donors (Lipinski definition) is 0. The summed E-state index contributed by atoms with van der Waals surface area (Å²) >= 11 is 0. The van der Waals surface area contributed by atoms with Gasteiger partial charge in [-0.1, -0.05) is 54.6 Å². The van der Waals surface area contributed by atoms with Crippen molar-refractivity contribution in [3.8, 4) is 11.3 Å². The number of rotatable bonds is 1. The minimum absolute atomic E-state index is 1.27. The predicted octanol–water partition coefficient (Wildman–Crippen LogP) is 5.95. The summed E-state index contributed by atoms with van der Waals surface area (Å²) in [5, 5.41) is 7.80. The molecule has 0 saturated heterocycles. The van der Waals surface area contributed by atoms with Crippen molar-refractivity contribution in [1.29, 1.82) is 0 Å². The van der Waals surface area contributed by atoms with Crippen LogP contribution in [0.1, 0.15) is 5.56 Å².